The van der Waals surface area contributed by atoms with E-state index in [0.29, 0.717) is 6.54 Å². The second-order valence-corrected chi connectivity index (χ2v) is 3.66. The zero-order valence-corrected chi connectivity index (χ0v) is 9.28. The lowest BCUT2D eigenvalue weighted by Gasteiger charge is -2.18. The standard InChI is InChI=1S/C10H17N3O2/c1-7(2)9(10(14)15-3)13-6-8-11-4-5-12-8/h4-5,7,9,13H,6H2,1-3H3,(H,11,12). The number of nitrogens with one attached hydrogen (secondary N) is 2. The first-order valence-corrected chi connectivity index (χ1v) is 4.94. The Labute approximate surface area is 89.2 Å². The van der Waals surface area contributed by atoms with Gasteiger partial charge in [0.1, 0.15) is 11.9 Å². The molecule has 0 aliphatic carbocycles. The molecule has 0 aromatic carbocycles. The van der Waals surface area contributed by atoms with Gasteiger partial charge in [0, 0.05) is 12.4 Å². The van der Waals surface area contributed by atoms with Crippen molar-refractivity contribution in [3.63, 3.8) is 0 Å². The first-order chi connectivity index (χ1) is 7.15. The summed E-state index contributed by atoms with van der Waals surface area (Å²) in [4.78, 5) is 18.4. The highest BCUT2D eigenvalue weighted by Gasteiger charge is 2.22. The Morgan fingerprint density at radius 2 is 2.40 bits per heavy atom. The van der Waals surface area contributed by atoms with E-state index in [4.69, 9.17) is 4.74 Å². The minimum absolute atomic E-state index is 0.187. The summed E-state index contributed by atoms with van der Waals surface area (Å²) in [5.41, 5.74) is 0. The summed E-state index contributed by atoms with van der Waals surface area (Å²) in [6, 6.07) is -0.292. The van der Waals surface area contributed by atoms with Crippen LogP contribution in [-0.4, -0.2) is 29.1 Å². The minimum Gasteiger partial charge on any atom is -0.468 e. The van der Waals surface area contributed by atoms with Crippen LogP contribution in [0.5, 0.6) is 0 Å². The van der Waals surface area contributed by atoms with Crippen molar-refractivity contribution in [3.05, 3.63) is 18.2 Å². The van der Waals surface area contributed by atoms with Crippen molar-refractivity contribution < 1.29 is 9.53 Å². The summed E-state index contributed by atoms with van der Waals surface area (Å²) in [7, 11) is 1.40. The zero-order chi connectivity index (χ0) is 11.3. The monoisotopic (exact) mass is 211 g/mol. The number of H-pyrrole nitrogens is 1. The maximum Gasteiger partial charge on any atom is 0.323 e. The van der Waals surface area contributed by atoms with Crippen molar-refractivity contribution in [1.82, 2.24) is 15.3 Å². The van der Waals surface area contributed by atoms with Crippen LogP contribution in [0.2, 0.25) is 0 Å². The average Bonchev–Trinajstić information content (AvgIpc) is 2.70. The van der Waals surface area contributed by atoms with Crippen LogP contribution < -0.4 is 5.32 Å². The predicted molar refractivity (Wildman–Crippen MR) is 56.1 cm³/mol. The van der Waals surface area contributed by atoms with Crippen LogP contribution in [0.15, 0.2) is 12.4 Å². The first-order valence-electron chi connectivity index (χ1n) is 4.94. The molecule has 0 spiro atoms. The number of methoxy groups -OCH3 is 1. The Kier molecular flexibility index (Phi) is 4.30. The van der Waals surface area contributed by atoms with Gasteiger partial charge in [0.25, 0.3) is 0 Å². The van der Waals surface area contributed by atoms with Crippen molar-refractivity contribution in [2.75, 3.05) is 7.11 Å². The number of esters is 1. The normalized spacial score (nSPS) is 12.8. The van der Waals surface area contributed by atoms with E-state index in [1.165, 1.54) is 7.11 Å². The number of ether oxygens (including phenoxy) is 1. The van der Waals surface area contributed by atoms with Gasteiger partial charge in [-0.15, -0.1) is 0 Å². The van der Waals surface area contributed by atoms with Crippen molar-refractivity contribution in [3.8, 4) is 0 Å². The lowest BCUT2D eigenvalue weighted by Crippen LogP contribution is -2.41. The molecule has 0 aliphatic heterocycles. The molecule has 5 heteroatoms. The first kappa shape index (κ1) is 11.7. The van der Waals surface area contributed by atoms with Crippen LogP contribution in [-0.2, 0) is 16.1 Å². The van der Waals surface area contributed by atoms with E-state index >= 15 is 0 Å². The molecule has 15 heavy (non-hydrogen) atoms. The molecule has 1 aromatic heterocycles. The number of hydrogen-bond donors (Lipinski definition) is 2. The number of aromatic nitrogens is 2. The van der Waals surface area contributed by atoms with Gasteiger partial charge in [-0.25, -0.2) is 4.98 Å². The van der Waals surface area contributed by atoms with E-state index in [-0.39, 0.29) is 17.9 Å². The van der Waals surface area contributed by atoms with E-state index in [2.05, 4.69) is 15.3 Å². The Bertz CT molecular complexity index is 296. The van der Waals surface area contributed by atoms with Crippen molar-refractivity contribution in [2.45, 2.75) is 26.4 Å². The summed E-state index contributed by atoms with van der Waals surface area (Å²) < 4.78 is 4.71. The van der Waals surface area contributed by atoms with Gasteiger partial charge in [0.15, 0.2) is 0 Å². The van der Waals surface area contributed by atoms with Gasteiger partial charge in [-0.05, 0) is 5.92 Å². The summed E-state index contributed by atoms with van der Waals surface area (Å²) in [6.07, 6.45) is 3.43. The van der Waals surface area contributed by atoms with Gasteiger partial charge in [-0.2, -0.15) is 0 Å². The average molecular weight is 211 g/mol. The van der Waals surface area contributed by atoms with Crippen LogP contribution >= 0.6 is 0 Å². The molecule has 0 saturated heterocycles. The lowest BCUT2D eigenvalue weighted by atomic mass is 10.0. The van der Waals surface area contributed by atoms with E-state index in [0.717, 1.165) is 5.82 Å². The number of carbonyl (C=O) groups excluding carboxylic acids is 1. The molecule has 1 heterocycles. The molecule has 1 atom stereocenters. The molecule has 1 unspecified atom stereocenters. The molecular weight excluding hydrogens is 194 g/mol. The Balaban J connectivity index is 2.49. The van der Waals surface area contributed by atoms with E-state index in [9.17, 15) is 4.79 Å². The number of rotatable bonds is 5. The molecule has 5 nitrogen and oxygen atoms in total. The van der Waals surface area contributed by atoms with Gasteiger partial charge in [0.05, 0.1) is 13.7 Å². The third kappa shape index (κ3) is 3.36. The number of nitrogens with zero attached hydrogens (tertiary/aromatic N) is 1. The SMILES string of the molecule is COC(=O)C(NCc1ncc[nH]1)C(C)C. The number of imidazole rings is 1. The lowest BCUT2D eigenvalue weighted by molar-refractivity contribution is -0.144. The molecule has 0 fully saturated rings. The predicted octanol–water partition coefficient (Wildman–Crippen LogP) is 0.697. The third-order valence-corrected chi connectivity index (χ3v) is 2.17. The van der Waals surface area contributed by atoms with E-state index < -0.39 is 0 Å². The maximum atomic E-state index is 11.4. The number of aromatic amines is 1. The van der Waals surface area contributed by atoms with Crippen molar-refractivity contribution in [1.29, 1.82) is 0 Å². The molecule has 0 bridgehead atoms. The highest BCUT2D eigenvalue weighted by Crippen LogP contribution is 2.04. The highest BCUT2D eigenvalue weighted by atomic mass is 16.5. The summed E-state index contributed by atoms with van der Waals surface area (Å²) >= 11 is 0. The highest BCUT2D eigenvalue weighted by molar-refractivity contribution is 5.75. The summed E-state index contributed by atoms with van der Waals surface area (Å²) in [5, 5.41) is 3.10. The second kappa shape index (κ2) is 5.50. The van der Waals surface area contributed by atoms with Gasteiger partial charge in [-0.1, -0.05) is 13.8 Å². The molecule has 1 rings (SSSR count). The van der Waals surface area contributed by atoms with Crippen molar-refractivity contribution in [2.24, 2.45) is 5.92 Å². The molecule has 0 amide bonds. The fourth-order valence-corrected chi connectivity index (χ4v) is 1.32. The Morgan fingerprint density at radius 1 is 1.67 bits per heavy atom. The van der Waals surface area contributed by atoms with Crippen LogP contribution in [0.1, 0.15) is 19.7 Å². The Morgan fingerprint density at radius 3 is 2.87 bits per heavy atom. The molecule has 0 radical (unpaired) electrons. The van der Waals surface area contributed by atoms with Gasteiger partial charge >= 0.3 is 5.97 Å². The van der Waals surface area contributed by atoms with Gasteiger partial charge in [-0.3, -0.25) is 10.1 Å². The minimum atomic E-state index is -0.292. The van der Waals surface area contributed by atoms with E-state index in [1.807, 2.05) is 13.8 Å². The molecule has 84 valence electrons. The summed E-state index contributed by atoms with van der Waals surface area (Å²) in [5.74, 6) is 0.758. The van der Waals surface area contributed by atoms with Crippen LogP contribution in [0.4, 0.5) is 0 Å². The molecule has 2 N–H and O–H groups in total. The largest absolute Gasteiger partial charge is 0.468 e. The molecule has 0 saturated carbocycles. The fraction of sp³-hybridized carbons (Fsp3) is 0.600. The third-order valence-electron chi connectivity index (χ3n) is 2.17. The molecule has 1 aromatic rings. The van der Waals surface area contributed by atoms with Crippen LogP contribution in [0, 0.1) is 5.92 Å². The van der Waals surface area contributed by atoms with Gasteiger partial charge in [0.2, 0.25) is 0 Å². The summed E-state index contributed by atoms with van der Waals surface area (Å²) in [6.45, 7) is 4.47. The zero-order valence-electron chi connectivity index (χ0n) is 9.28. The Hall–Kier alpha value is -1.36. The van der Waals surface area contributed by atoms with Crippen LogP contribution in [0.3, 0.4) is 0 Å². The molecular formula is C10H17N3O2. The van der Waals surface area contributed by atoms with E-state index in [1.54, 1.807) is 12.4 Å². The fourth-order valence-electron chi connectivity index (χ4n) is 1.32. The van der Waals surface area contributed by atoms with Crippen LogP contribution in [0.25, 0.3) is 0 Å². The smallest absolute Gasteiger partial charge is 0.323 e. The molecule has 0 aliphatic rings. The number of carbonyl (C=O) groups is 1. The topological polar surface area (TPSA) is 67.0 Å². The van der Waals surface area contributed by atoms with Gasteiger partial charge < -0.3 is 9.72 Å². The second-order valence-electron chi connectivity index (χ2n) is 3.66. The maximum absolute atomic E-state index is 11.4. The van der Waals surface area contributed by atoms with Crippen molar-refractivity contribution >= 4 is 5.97 Å². The number of hydrogen-bond acceptors (Lipinski definition) is 4. The quantitative estimate of drug-likeness (QED) is 0.703.